The van der Waals surface area contributed by atoms with E-state index in [4.69, 9.17) is 18.9 Å². The molecule has 0 spiro atoms. The number of carbonyl (C=O) groups is 1. The van der Waals surface area contributed by atoms with Gasteiger partial charge in [0, 0.05) is 24.0 Å². The molecule has 130 valence electrons. The standard InChI is InChI=1S/C16H17BN2O6/c1-3-23-14(20)8-16(21)15-11(17-25-16)6-10(7-12(15)22-2)24-13-9-18-4-5-19-13/h4-7,9,17,21H,3,8H2,1-2H3. The molecule has 0 bridgehead atoms. The van der Waals surface area contributed by atoms with Crippen LogP contribution >= 0.6 is 0 Å². The Labute approximate surface area is 145 Å². The molecule has 1 atom stereocenters. The number of hydrogen-bond acceptors (Lipinski definition) is 8. The highest BCUT2D eigenvalue weighted by Gasteiger charge is 2.44. The van der Waals surface area contributed by atoms with Gasteiger partial charge in [-0.15, -0.1) is 0 Å². The zero-order chi connectivity index (χ0) is 17.9. The summed E-state index contributed by atoms with van der Waals surface area (Å²) in [4.78, 5) is 19.8. The van der Waals surface area contributed by atoms with Crippen LogP contribution in [-0.2, 0) is 20.0 Å². The summed E-state index contributed by atoms with van der Waals surface area (Å²) < 4.78 is 21.4. The predicted octanol–water partition coefficient (Wildman–Crippen LogP) is 0.383. The van der Waals surface area contributed by atoms with Crippen LogP contribution in [0.3, 0.4) is 0 Å². The molecule has 9 heteroatoms. The average molecular weight is 344 g/mol. The molecule has 0 saturated heterocycles. The Morgan fingerprint density at radius 2 is 2.24 bits per heavy atom. The lowest BCUT2D eigenvalue weighted by molar-refractivity contribution is -0.174. The molecule has 1 aliphatic rings. The van der Waals surface area contributed by atoms with E-state index in [2.05, 4.69) is 9.97 Å². The molecule has 0 amide bonds. The Balaban J connectivity index is 1.91. The Kier molecular flexibility index (Phi) is 4.87. The molecule has 1 N–H and O–H groups in total. The van der Waals surface area contributed by atoms with Crippen LogP contribution in [0, 0.1) is 0 Å². The fraction of sp³-hybridized carbons (Fsp3) is 0.312. The second kappa shape index (κ2) is 7.08. The van der Waals surface area contributed by atoms with E-state index in [0.717, 1.165) is 0 Å². The molecule has 0 fully saturated rings. The predicted molar refractivity (Wildman–Crippen MR) is 88.1 cm³/mol. The SMILES string of the molecule is CCOC(=O)CC1(O)OBc2cc(Oc3cnccn3)cc(OC)c21. The van der Waals surface area contributed by atoms with Gasteiger partial charge in [-0.05, 0) is 18.5 Å². The van der Waals surface area contributed by atoms with E-state index in [0.29, 0.717) is 28.4 Å². The van der Waals surface area contributed by atoms with Crippen molar-refractivity contribution in [2.45, 2.75) is 19.1 Å². The number of fused-ring (bicyclic) bond motifs is 1. The Hall–Kier alpha value is -2.65. The number of hydrogen-bond donors (Lipinski definition) is 1. The molecule has 2 aromatic rings. The maximum atomic E-state index is 11.8. The molecule has 8 nitrogen and oxygen atoms in total. The van der Waals surface area contributed by atoms with Crippen molar-refractivity contribution in [2.75, 3.05) is 13.7 Å². The number of aromatic nitrogens is 2. The number of ether oxygens (including phenoxy) is 3. The van der Waals surface area contributed by atoms with E-state index < -0.39 is 11.8 Å². The molecule has 1 unspecified atom stereocenters. The molecule has 0 saturated carbocycles. The van der Waals surface area contributed by atoms with Gasteiger partial charge in [0.15, 0.2) is 5.79 Å². The van der Waals surface area contributed by atoms with Crippen LogP contribution in [0.5, 0.6) is 17.4 Å². The number of nitrogens with zero attached hydrogens (tertiary/aromatic N) is 2. The van der Waals surface area contributed by atoms with E-state index in [1.54, 1.807) is 25.3 Å². The quantitative estimate of drug-likeness (QED) is 0.593. The van der Waals surface area contributed by atoms with Crippen LogP contribution in [0.25, 0.3) is 0 Å². The summed E-state index contributed by atoms with van der Waals surface area (Å²) >= 11 is 0. The van der Waals surface area contributed by atoms with Gasteiger partial charge in [-0.3, -0.25) is 9.78 Å². The van der Waals surface area contributed by atoms with E-state index >= 15 is 0 Å². The van der Waals surface area contributed by atoms with E-state index in [1.807, 2.05) is 0 Å². The van der Waals surface area contributed by atoms with Crippen molar-refractivity contribution in [2.24, 2.45) is 0 Å². The maximum Gasteiger partial charge on any atom is 0.313 e. The van der Waals surface area contributed by atoms with Gasteiger partial charge in [0.05, 0.1) is 19.9 Å². The van der Waals surface area contributed by atoms with Gasteiger partial charge >= 0.3 is 13.5 Å². The molecule has 25 heavy (non-hydrogen) atoms. The number of methoxy groups -OCH3 is 1. The first-order valence-electron chi connectivity index (χ1n) is 7.73. The molecule has 2 heterocycles. The lowest BCUT2D eigenvalue weighted by atomic mass is 9.85. The largest absolute Gasteiger partial charge is 0.496 e. The lowest BCUT2D eigenvalue weighted by Crippen LogP contribution is -2.30. The van der Waals surface area contributed by atoms with Crippen LogP contribution in [0.1, 0.15) is 18.9 Å². The van der Waals surface area contributed by atoms with Crippen molar-refractivity contribution in [1.29, 1.82) is 0 Å². The molecule has 0 aliphatic carbocycles. The minimum atomic E-state index is -1.79. The fourth-order valence-corrected chi connectivity index (χ4v) is 2.70. The van der Waals surface area contributed by atoms with Gasteiger partial charge in [0.1, 0.15) is 17.9 Å². The lowest BCUT2D eigenvalue weighted by Gasteiger charge is -2.25. The molecular weight excluding hydrogens is 327 g/mol. The number of rotatable bonds is 6. The normalized spacial score (nSPS) is 18.2. The summed E-state index contributed by atoms with van der Waals surface area (Å²) in [7, 11) is 1.57. The molecule has 0 radical (unpaired) electrons. The topological polar surface area (TPSA) is 100 Å². The first-order chi connectivity index (χ1) is 12.1. The minimum Gasteiger partial charge on any atom is -0.496 e. The van der Waals surface area contributed by atoms with Gasteiger partial charge in [0.2, 0.25) is 5.88 Å². The van der Waals surface area contributed by atoms with Crippen LogP contribution in [0.2, 0.25) is 0 Å². The van der Waals surface area contributed by atoms with Crippen molar-refractivity contribution < 1.29 is 28.8 Å². The van der Waals surface area contributed by atoms with Crippen molar-refractivity contribution in [3.8, 4) is 17.4 Å². The highest BCUT2D eigenvalue weighted by Crippen LogP contribution is 2.38. The number of carbonyl (C=O) groups excluding carboxylic acids is 1. The van der Waals surface area contributed by atoms with Crippen molar-refractivity contribution in [3.05, 3.63) is 36.3 Å². The summed E-state index contributed by atoms with van der Waals surface area (Å²) in [6.45, 7) is 1.92. The van der Waals surface area contributed by atoms with E-state index in [1.165, 1.54) is 19.5 Å². The Morgan fingerprint density at radius 3 is 2.92 bits per heavy atom. The van der Waals surface area contributed by atoms with Crippen molar-refractivity contribution in [3.63, 3.8) is 0 Å². The van der Waals surface area contributed by atoms with Gasteiger partial charge < -0.3 is 24.0 Å². The van der Waals surface area contributed by atoms with Crippen molar-refractivity contribution >= 4 is 18.9 Å². The summed E-state index contributed by atoms with van der Waals surface area (Å²) in [5.74, 6) is -1.22. The Bertz CT molecular complexity index is 773. The van der Waals surface area contributed by atoms with E-state index in [9.17, 15) is 9.90 Å². The summed E-state index contributed by atoms with van der Waals surface area (Å²) in [6.07, 6.45) is 4.21. The van der Waals surface area contributed by atoms with Gasteiger partial charge in [0.25, 0.3) is 0 Å². The zero-order valence-electron chi connectivity index (χ0n) is 13.9. The Morgan fingerprint density at radius 1 is 1.40 bits per heavy atom. The zero-order valence-corrected chi connectivity index (χ0v) is 13.9. The average Bonchev–Trinajstić information content (AvgIpc) is 2.92. The first kappa shape index (κ1) is 17.2. The smallest absolute Gasteiger partial charge is 0.313 e. The second-order valence-corrected chi connectivity index (χ2v) is 5.36. The van der Waals surface area contributed by atoms with Gasteiger partial charge in [-0.25, -0.2) is 4.98 Å². The summed E-state index contributed by atoms with van der Waals surface area (Å²) in [5.41, 5.74) is 1.06. The first-order valence-corrected chi connectivity index (χ1v) is 7.73. The van der Waals surface area contributed by atoms with Gasteiger partial charge in [-0.1, -0.05) is 0 Å². The fourth-order valence-electron chi connectivity index (χ4n) is 2.70. The highest BCUT2D eigenvalue weighted by molar-refractivity contribution is 6.49. The number of esters is 1. The third kappa shape index (κ3) is 3.57. The minimum absolute atomic E-state index is 0.110. The number of aliphatic hydroxyl groups is 1. The van der Waals surface area contributed by atoms with Gasteiger partial charge in [-0.2, -0.15) is 0 Å². The van der Waals surface area contributed by atoms with E-state index in [-0.39, 0.29) is 20.5 Å². The van der Waals surface area contributed by atoms with Crippen LogP contribution in [0.4, 0.5) is 0 Å². The molecular formula is C16H17BN2O6. The molecule has 1 aliphatic heterocycles. The third-order valence-corrected chi connectivity index (χ3v) is 3.69. The molecule has 3 rings (SSSR count). The molecule has 1 aromatic heterocycles. The molecule has 1 aromatic carbocycles. The van der Waals surface area contributed by atoms with Crippen LogP contribution < -0.4 is 14.9 Å². The van der Waals surface area contributed by atoms with Crippen molar-refractivity contribution in [1.82, 2.24) is 9.97 Å². The van der Waals surface area contributed by atoms with Crippen LogP contribution in [-0.4, -0.2) is 42.2 Å². The highest BCUT2D eigenvalue weighted by atomic mass is 16.6. The third-order valence-electron chi connectivity index (χ3n) is 3.69. The summed E-state index contributed by atoms with van der Waals surface area (Å²) in [5, 5.41) is 10.8. The van der Waals surface area contributed by atoms with Crippen LogP contribution in [0.15, 0.2) is 30.7 Å². The number of benzene rings is 1. The second-order valence-electron chi connectivity index (χ2n) is 5.36. The summed E-state index contributed by atoms with van der Waals surface area (Å²) in [6, 6.07) is 3.30. The monoisotopic (exact) mass is 344 g/mol. The maximum absolute atomic E-state index is 11.8.